The van der Waals surface area contributed by atoms with Gasteiger partial charge in [0.2, 0.25) is 0 Å². The van der Waals surface area contributed by atoms with Gasteiger partial charge in [0, 0.05) is 10.3 Å². The molecule has 3 aromatic rings. The number of alkyl halides is 3. The van der Waals surface area contributed by atoms with Crippen LogP contribution in [-0.2, 0) is 11.4 Å². The van der Waals surface area contributed by atoms with Crippen LogP contribution in [0.4, 0.5) is 13.2 Å². The Morgan fingerprint density at radius 2 is 1.71 bits per heavy atom. The van der Waals surface area contributed by atoms with Crippen LogP contribution in [0.2, 0.25) is 0 Å². The van der Waals surface area contributed by atoms with Gasteiger partial charge in [-0.25, -0.2) is 4.79 Å². The molecule has 1 atom stereocenters. The zero-order valence-corrected chi connectivity index (χ0v) is 19.5. The number of rotatable bonds is 8. The maximum atomic E-state index is 13.2. The molecule has 35 heavy (non-hydrogen) atoms. The fourth-order valence-corrected chi connectivity index (χ4v) is 4.95. The van der Waals surface area contributed by atoms with Gasteiger partial charge < -0.3 is 15.2 Å². The van der Waals surface area contributed by atoms with Crippen LogP contribution >= 0.6 is 11.8 Å². The lowest BCUT2D eigenvalue weighted by atomic mass is 9.97. The van der Waals surface area contributed by atoms with Crippen molar-refractivity contribution in [3.63, 3.8) is 0 Å². The van der Waals surface area contributed by atoms with Crippen molar-refractivity contribution in [2.45, 2.75) is 48.7 Å². The number of carbonyl (C=O) groups is 2. The lowest BCUT2D eigenvalue weighted by Gasteiger charge is -2.22. The van der Waals surface area contributed by atoms with Crippen molar-refractivity contribution in [1.82, 2.24) is 5.32 Å². The van der Waals surface area contributed by atoms with Crippen LogP contribution in [0.15, 0.2) is 65.6 Å². The minimum atomic E-state index is -4.37. The van der Waals surface area contributed by atoms with Crippen molar-refractivity contribution in [3.8, 4) is 5.75 Å². The molecule has 1 amide bonds. The Kier molecular flexibility index (Phi) is 7.54. The van der Waals surface area contributed by atoms with Crippen LogP contribution in [0, 0.1) is 5.92 Å². The Morgan fingerprint density at radius 1 is 1.03 bits per heavy atom. The molecule has 1 unspecified atom stereocenters. The molecule has 3 aromatic carbocycles. The second kappa shape index (κ2) is 10.6. The molecule has 0 saturated heterocycles. The predicted molar refractivity (Wildman–Crippen MR) is 127 cm³/mol. The highest BCUT2D eigenvalue weighted by atomic mass is 32.2. The number of benzene rings is 3. The summed E-state index contributed by atoms with van der Waals surface area (Å²) in [6, 6.07) is 15.5. The molecule has 4 rings (SSSR count). The summed E-state index contributed by atoms with van der Waals surface area (Å²) in [5.41, 5.74) is -3.53. The fraction of sp³-hybridized carbons (Fsp3) is 0.308. The lowest BCUT2D eigenvalue weighted by Crippen LogP contribution is -2.45. The Morgan fingerprint density at radius 3 is 2.37 bits per heavy atom. The van der Waals surface area contributed by atoms with Crippen LogP contribution < -0.4 is 10.1 Å². The van der Waals surface area contributed by atoms with Gasteiger partial charge in [0.05, 0.1) is 5.56 Å². The van der Waals surface area contributed by atoms with Crippen molar-refractivity contribution >= 4 is 34.4 Å². The number of aliphatic carboxylic acids is 1. The van der Waals surface area contributed by atoms with Gasteiger partial charge in [0.1, 0.15) is 18.4 Å². The van der Waals surface area contributed by atoms with E-state index in [0.717, 1.165) is 31.1 Å². The van der Waals surface area contributed by atoms with Crippen molar-refractivity contribution in [2.24, 2.45) is 5.92 Å². The van der Waals surface area contributed by atoms with Crippen molar-refractivity contribution in [2.75, 3.05) is 0 Å². The molecular formula is C26H24F3NO4S. The fourth-order valence-electron chi connectivity index (χ4n) is 4.41. The summed E-state index contributed by atoms with van der Waals surface area (Å²) in [4.78, 5) is 25.1. The van der Waals surface area contributed by atoms with Gasteiger partial charge in [0.15, 0.2) is 0 Å². The summed E-state index contributed by atoms with van der Waals surface area (Å²) in [7, 11) is 0. The third-order valence-electron chi connectivity index (χ3n) is 6.09. The summed E-state index contributed by atoms with van der Waals surface area (Å²) in [5.74, 6) is -1.42. The second-order valence-corrected chi connectivity index (χ2v) is 9.62. The quantitative estimate of drug-likeness (QED) is 0.348. The monoisotopic (exact) mass is 503 g/mol. The topological polar surface area (TPSA) is 75.6 Å². The summed E-state index contributed by atoms with van der Waals surface area (Å²) in [6.45, 7) is 0.0240. The number of hydrogen-bond donors (Lipinski definition) is 2. The number of hydrogen-bond acceptors (Lipinski definition) is 4. The van der Waals surface area contributed by atoms with Gasteiger partial charge in [-0.1, -0.05) is 55.3 Å². The van der Waals surface area contributed by atoms with E-state index in [4.69, 9.17) is 4.74 Å². The molecule has 5 nitrogen and oxygen atoms in total. The molecule has 9 heteroatoms. The Labute approximate surface area is 204 Å². The Balaban J connectivity index is 1.58. The van der Waals surface area contributed by atoms with E-state index in [1.807, 2.05) is 12.1 Å². The predicted octanol–water partition coefficient (Wildman–Crippen LogP) is 6.40. The molecule has 0 aromatic heterocycles. The van der Waals surface area contributed by atoms with Gasteiger partial charge in [-0.3, -0.25) is 4.79 Å². The number of carboxylic acids is 1. The number of ether oxygens (including phenoxy) is 1. The highest BCUT2D eigenvalue weighted by Gasteiger charge is 2.33. The zero-order valence-electron chi connectivity index (χ0n) is 18.7. The molecule has 0 heterocycles. The Bertz CT molecular complexity index is 1210. The molecule has 184 valence electrons. The average molecular weight is 504 g/mol. The zero-order chi connectivity index (χ0) is 25.0. The third-order valence-corrected chi connectivity index (χ3v) is 6.83. The van der Waals surface area contributed by atoms with Crippen LogP contribution in [0.5, 0.6) is 5.75 Å². The molecule has 0 spiro atoms. The van der Waals surface area contributed by atoms with Crippen molar-refractivity contribution < 1.29 is 32.6 Å². The van der Waals surface area contributed by atoms with Crippen LogP contribution in [0.25, 0.3) is 10.8 Å². The first-order valence-electron chi connectivity index (χ1n) is 11.2. The maximum absolute atomic E-state index is 13.2. The van der Waals surface area contributed by atoms with Gasteiger partial charge in [-0.15, -0.1) is 0 Å². The van der Waals surface area contributed by atoms with Crippen LogP contribution in [-0.4, -0.2) is 28.5 Å². The number of carboxylic acid groups (broad SMARTS) is 1. The second-order valence-electron chi connectivity index (χ2n) is 8.48. The van der Waals surface area contributed by atoms with Crippen LogP contribution in [0.3, 0.4) is 0 Å². The van der Waals surface area contributed by atoms with E-state index in [1.165, 1.54) is 12.1 Å². The van der Waals surface area contributed by atoms with E-state index < -0.39 is 23.4 Å². The number of fused-ring (bicyclic) bond motifs is 1. The Hall–Kier alpha value is -3.20. The first-order valence-corrected chi connectivity index (χ1v) is 12.1. The van der Waals surface area contributed by atoms with E-state index >= 15 is 0 Å². The normalized spacial score (nSPS) is 15.2. The molecule has 1 fully saturated rings. The number of carbonyl (C=O) groups excluding carboxylic acids is 1. The van der Waals surface area contributed by atoms with E-state index in [1.54, 1.807) is 36.4 Å². The van der Waals surface area contributed by atoms with E-state index in [2.05, 4.69) is 5.32 Å². The molecule has 1 aliphatic rings. The molecular weight excluding hydrogens is 479 g/mol. The number of nitrogens with one attached hydrogen (secondary N) is 1. The van der Waals surface area contributed by atoms with Crippen molar-refractivity contribution in [1.29, 1.82) is 0 Å². The standard InChI is InChI=1S/C26H24F3NO4S/c27-26(28,29)35-19-12-9-16(10-13-19)15-34-23-20-8-4-3-5-17(20)11-14-21(23)24(31)30-22(25(32)33)18-6-1-2-7-18/h3-5,8-14,18,22H,1-2,6-7,15H2,(H,30,31)(H,32,33). The lowest BCUT2D eigenvalue weighted by molar-refractivity contribution is -0.140. The minimum absolute atomic E-state index is 0.0240. The maximum Gasteiger partial charge on any atom is 0.446 e. The summed E-state index contributed by atoms with van der Waals surface area (Å²) < 4.78 is 43.8. The summed E-state index contributed by atoms with van der Waals surface area (Å²) in [6.07, 6.45) is 3.38. The largest absolute Gasteiger partial charge is 0.487 e. The number of thioether (sulfide) groups is 1. The van der Waals surface area contributed by atoms with Gasteiger partial charge in [-0.05, 0) is 59.7 Å². The van der Waals surface area contributed by atoms with Gasteiger partial charge >= 0.3 is 11.5 Å². The summed E-state index contributed by atoms with van der Waals surface area (Å²) >= 11 is -0.191. The highest BCUT2D eigenvalue weighted by Crippen LogP contribution is 2.37. The molecule has 0 bridgehead atoms. The summed E-state index contributed by atoms with van der Waals surface area (Å²) in [5, 5.41) is 13.9. The van der Waals surface area contributed by atoms with Gasteiger partial charge in [-0.2, -0.15) is 13.2 Å². The molecule has 2 N–H and O–H groups in total. The minimum Gasteiger partial charge on any atom is -0.487 e. The highest BCUT2D eigenvalue weighted by molar-refractivity contribution is 8.00. The molecule has 1 aliphatic carbocycles. The number of amides is 1. The molecule has 1 saturated carbocycles. The smallest absolute Gasteiger partial charge is 0.446 e. The molecule has 0 aliphatic heterocycles. The average Bonchev–Trinajstić information content (AvgIpc) is 3.35. The van der Waals surface area contributed by atoms with Crippen molar-refractivity contribution in [3.05, 3.63) is 71.8 Å². The van der Waals surface area contributed by atoms with E-state index in [-0.39, 0.29) is 34.7 Å². The number of halogens is 3. The van der Waals surface area contributed by atoms with Crippen LogP contribution in [0.1, 0.15) is 41.6 Å². The third kappa shape index (κ3) is 6.28. The van der Waals surface area contributed by atoms with E-state index in [9.17, 15) is 27.9 Å². The van der Waals surface area contributed by atoms with Gasteiger partial charge in [0.25, 0.3) is 5.91 Å². The molecule has 0 radical (unpaired) electrons. The first kappa shape index (κ1) is 24.9. The SMILES string of the molecule is O=C(NC(C(=O)O)C1CCCC1)c1ccc2ccccc2c1OCc1ccc(SC(F)(F)F)cc1. The first-order chi connectivity index (χ1) is 16.7. The van der Waals surface area contributed by atoms with E-state index in [0.29, 0.717) is 16.7 Å².